The van der Waals surface area contributed by atoms with Crippen molar-refractivity contribution in [3.63, 3.8) is 0 Å². The van der Waals surface area contributed by atoms with E-state index in [4.69, 9.17) is 9.15 Å². The molecule has 0 aliphatic rings. The number of hydrogen-bond acceptors (Lipinski definition) is 7. The van der Waals surface area contributed by atoms with Gasteiger partial charge in [-0.05, 0) is 48.2 Å². The van der Waals surface area contributed by atoms with E-state index in [1.807, 2.05) is 0 Å². The van der Waals surface area contributed by atoms with E-state index in [1.165, 1.54) is 6.07 Å². The summed E-state index contributed by atoms with van der Waals surface area (Å²) in [6, 6.07) is 10.3. The standard InChI is InChI=1S/C15H10FN3O4S/c1-22-11-5-2-9(3-6-11)14-17-18-15(23-14)24-13-7-4-10(16)8-12(13)19(20)21/h2-8H,1H3. The van der Waals surface area contributed by atoms with E-state index in [-0.39, 0.29) is 21.7 Å². The highest BCUT2D eigenvalue weighted by atomic mass is 32.2. The first-order valence-electron chi connectivity index (χ1n) is 6.66. The van der Waals surface area contributed by atoms with Crippen LogP contribution in [-0.4, -0.2) is 22.2 Å². The van der Waals surface area contributed by atoms with Crippen molar-refractivity contribution in [2.45, 2.75) is 10.1 Å². The van der Waals surface area contributed by atoms with Crippen LogP contribution in [0.15, 0.2) is 57.0 Å². The topological polar surface area (TPSA) is 91.3 Å². The zero-order valence-corrected chi connectivity index (χ0v) is 13.1. The van der Waals surface area contributed by atoms with Gasteiger partial charge in [-0.15, -0.1) is 10.2 Å². The highest BCUT2D eigenvalue weighted by molar-refractivity contribution is 7.99. The summed E-state index contributed by atoms with van der Waals surface area (Å²) in [5, 5.41) is 18.9. The number of halogens is 1. The van der Waals surface area contributed by atoms with E-state index < -0.39 is 10.7 Å². The molecule has 0 fully saturated rings. The Labute approximate surface area is 139 Å². The summed E-state index contributed by atoms with van der Waals surface area (Å²) in [7, 11) is 1.56. The van der Waals surface area contributed by atoms with Gasteiger partial charge in [0, 0.05) is 5.56 Å². The van der Waals surface area contributed by atoms with Crippen LogP contribution < -0.4 is 4.74 Å². The van der Waals surface area contributed by atoms with Crippen LogP contribution in [-0.2, 0) is 0 Å². The van der Waals surface area contributed by atoms with Crippen LogP contribution >= 0.6 is 11.8 Å². The minimum atomic E-state index is -0.685. The first-order chi connectivity index (χ1) is 11.6. The molecule has 122 valence electrons. The molecule has 1 aromatic heterocycles. The van der Waals surface area contributed by atoms with E-state index in [0.29, 0.717) is 11.3 Å². The van der Waals surface area contributed by atoms with E-state index in [9.17, 15) is 14.5 Å². The summed E-state index contributed by atoms with van der Waals surface area (Å²) in [4.78, 5) is 10.6. The van der Waals surface area contributed by atoms with Crippen LogP contribution in [0, 0.1) is 15.9 Å². The fraction of sp³-hybridized carbons (Fsp3) is 0.0667. The van der Waals surface area contributed by atoms with Gasteiger partial charge >= 0.3 is 0 Å². The quantitative estimate of drug-likeness (QED) is 0.510. The van der Waals surface area contributed by atoms with Crippen molar-refractivity contribution in [1.29, 1.82) is 0 Å². The number of ether oxygens (including phenoxy) is 1. The molecule has 0 saturated carbocycles. The van der Waals surface area contributed by atoms with E-state index in [0.717, 1.165) is 23.9 Å². The normalized spacial score (nSPS) is 10.6. The zero-order chi connectivity index (χ0) is 17.1. The van der Waals surface area contributed by atoms with Crippen molar-refractivity contribution < 1.29 is 18.5 Å². The second-order valence-electron chi connectivity index (χ2n) is 4.57. The average molecular weight is 347 g/mol. The van der Waals surface area contributed by atoms with Gasteiger partial charge in [0.15, 0.2) is 0 Å². The molecule has 0 aliphatic heterocycles. The number of methoxy groups -OCH3 is 1. The molecule has 7 nitrogen and oxygen atoms in total. The van der Waals surface area contributed by atoms with Crippen LogP contribution in [0.4, 0.5) is 10.1 Å². The molecular weight excluding hydrogens is 337 g/mol. The molecule has 0 N–H and O–H groups in total. The van der Waals surface area contributed by atoms with Gasteiger partial charge in [0.25, 0.3) is 10.9 Å². The van der Waals surface area contributed by atoms with Crippen LogP contribution in [0.25, 0.3) is 11.5 Å². The number of hydrogen-bond donors (Lipinski definition) is 0. The second-order valence-corrected chi connectivity index (χ2v) is 5.57. The summed E-state index contributed by atoms with van der Waals surface area (Å²) in [6.45, 7) is 0. The number of benzene rings is 2. The largest absolute Gasteiger partial charge is 0.497 e. The van der Waals surface area contributed by atoms with Gasteiger partial charge in [0.1, 0.15) is 11.6 Å². The van der Waals surface area contributed by atoms with Crippen molar-refractivity contribution >= 4 is 17.4 Å². The Morgan fingerprint density at radius 3 is 2.62 bits per heavy atom. The second kappa shape index (κ2) is 6.67. The summed E-state index contributed by atoms with van der Waals surface area (Å²) >= 11 is 0.901. The Morgan fingerprint density at radius 1 is 1.21 bits per heavy atom. The van der Waals surface area contributed by atoms with Crippen molar-refractivity contribution in [3.8, 4) is 17.2 Å². The first kappa shape index (κ1) is 15.9. The maximum Gasteiger partial charge on any atom is 0.286 e. The molecular formula is C15H10FN3O4S. The van der Waals surface area contributed by atoms with Crippen molar-refractivity contribution in [2.24, 2.45) is 0 Å². The molecule has 0 spiro atoms. The Hall–Kier alpha value is -2.94. The van der Waals surface area contributed by atoms with E-state index in [1.54, 1.807) is 31.4 Å². The summed E-state index contributed by atoms with van der Waals surface area (Å²) in [5.74, 6) is 0.273. The number of aromatic nitrogens is 2. The van der Waals surface area contributed by atoms with E-state index >= 15 is 0 Å². The molecule has 1 heterocycles. The van der Waals surface area contributed by atoms with Crippen LogP contribution in [0.5, 0.6) is 5.75 Å². The third kappa shape index (κ3) is 3.35. The average Bonchev–Trinajstić information content (AvgIpc) is 3.05. The van der Waals surface area contributed by atoms with Crippen LogP contribution in [0.3, 0.4) is 0 Å². The Morgan fingerprint density at radius 2 is 1.96 bits per heavy atom. The van der Waals surface area contributed by atoms with Gasteiger partial charge in [0.05, 0.1) is 23.0 Å². The molecule has 3 rings (SSSR count). The molecule has 9 heteroatoms. The van der Waals surface area contributed by atoms with Crippen molar-refractivity contribution in [2.75, 3.05) is 7.11 Å². The van der Waals surface area contributed by atoms with Gasteiger partial charge in [0.2, 0.25) is 5.89 Å². The minimum absolute atomic E-state index is 0.121. The van der Waals surface area contributed by atoms with Crippen molar-refractivity contribution in [3.05, 3.63) is 58.4 Å². The highest BCUT2D eigenvalue weighted by Gasteiger charge is 2.19. The lowest BCUT2D eigenvalue weighted by molar-refractivity contribution is -0.387. The number of nitro benzene ring substituents is 1. The summed E-state index contributed by atoms with van der Waals surface area (Å²) < 4.78 is 23.7. The molecule has 3 aromatic rings. The molecule has 24 heavy (non-hydrogen) atoms. The molecule has 0 aliphatic carbocycles. The Balaban J connectivity index is 1.85. The number of rotatable bonds is 5. The van der Waals surface area contributed by atoms with Gasteiger partial charge in [-0.1, -0.05) is 0 Å². The predicted molar refractivity (Wildman–Crippen MR) is 83.5 cm³/mol. The lowest BCUT2D eigenvalue weighted by Crippen LogP contribution is -1.91. The fourth-order valence-electron chi connectivity index (χ4n) is 1.91. The van der Waals surface area contributed by atoms with E-state index in [2.05, 4.69) is 10.2 Å². The predicted octanol–water partition coefficient (Wildman–Crippen LogP) is 3.94. The third-order valence-electron chi connectivity index (χ3n) is 3.06. The van der Waals surface area contributed by atoms with Gasteiger partial charge < -0.3 is 9.15 Å². The Bertz CT molecular complexity index is 883. The van der Waals surface area contributed by atoms with Crippen LogP contribution in [0.1, 0.15) is 0 Å². The summed E-state index contributed by atoms with van der Waals surface area (Å²) in [5.41, 5.74) is 0.327. The van der Waals surface area contributed by atoms with Crippen LogP contribution in [0.2, 0.25) is 0 Å². The first-order valence-corrected chi connectivity index (χ1v) is 7.48. The zero-order valence-electron chi connectivity index (χ0n) is 12.3. The number of nitro groups is 1. The molecule has 2 aromatic carbocycles. The fourth-order valence-corrected chi connectivity index (χ4v) is 2.68. The highest BCUT2D eigenvalue weighted by Crippen LogP contribution is 2.35. The number of nitrogens with zero attached hydrogens (tertiary/aromatic N) is 3. The molecule has 0 amide bonds. The molecule has 0 atom stereocenters. The summed E-state index contributed by atoms with van der Waals surface area (Å²) in [6.07, 6.45) is 0. The lowest BCUT2D eigenvalue weighted by Gasteiger charge is -2.00. The minimum Gasteiger partial charge on any atom is -0.497 e. The van der Waals surface area contributed by atoms with Gasteiger partial charge in [-0.3, -0.25) is 10.1 Å². The Kier molecular flexibility index (Phi) is 4.43. The lowest BCUT2D eigenvalue weighted by atomic mass is 10.2. The maximum absolute atomic E-state index is 13.2. The van der Waals surface area contributed by atoms with Gasteiger partial charge in [-0.25, -0.2) is 4.39 Å². The smallest absolute Gasteiger partial charge is 0.286 e. The third-order valence-corrected chi connectivity index (χ3v) is 3.96. The monoisotopic (exact) mass is 347 g/mol. The molecule has 0 radical (unpaired) electrons. The molecule has 0 bridgehead atoms. The molecule has 0 saturated heterocycles. The molecule has 0 unspecified atom stereocenters. The maximum atomic E-state index is 13.2. The van der Waals surface area contributed by atoms with Gasteiger partial charge in [-0.2, -0.15) is 0 Å². The van der Waals surface area contributed by atoms with Crippen molar-refractivity contribution in [1.82, 2.24) is 10.2 Å². The SMILES string of the molecule is COc1ccc(-c2nnc(Sc3ccc(F)cc3[N+](=O)[O-])o2)cc1.